The molecule has 0 bridgehead atoms. The molecule has 26 heavy (non-hydrogen) atoms. The van der Waals surface area contributed by atoms with Gasteiger partial charge in [-0.25, -0.2) is 15.0 Å². The highest BCUT2D eigenvalue weighted by molar-refractivity contribution is 5.81. The number of aliphatic hydroxyl groups excluding tert-OH is 1. The molecule has 0 aliphatic carbocycles. The second-order valence-electron chi connectivity index (χ2n) is 6.52. The predicted molar refractivity (Wildman–Crippen MR) is 95.1 cm³/mol. The topological polar surface area (TPSA) is 108 Å². The summed E-state index contributed by atoms with van der Waals surface area (Å²) in [7, 11) is 0. The molecule has 1 saturated heterocycles. The van der Waals surface area contributed by atoms with E-state index in [0.717, 1.165) is 5.56 Å². The fraction of sp³-hybridized carbons (Fsp3) is 0.389. The molecule has 3 N–H and O–H groups in total. The van der Waals surface area contributed by atoms with Crippen molar-refractivity contribution < 1.29 is 14.6 Å². The van der Waals surface area contributed by atoms with Crippen molar-refractivity contribution in [1.82, 2.24) is 19.5 Å². The maximum atomic E-state index is 10.3. The minimum Gasteiger partial charge on any atom is -0.390 e. The molecule has 0 amide bonds. The average molecular weight is 355 g/mol. The van der Waals surface area contributed by atoms with Crippen molar-refractivity contribution in [2.45, 2.75) is 38.4 Å². The first-order valence-corrected chi connectivity index (χ1v) is 8.51. The Morgan fingerprint density at radius 3 is 2.88 bits per heavy atom. The second-order valence-corrected chi connectivity index (χ2v) is 6.52. The first-order valence-electron chi connectivity index (χ1n) is 8.51. The number of imidazole rings is 1. The molecule has 136 valence electrons. The van der Waals surface area contributed by atoms with Crippen molar-refractivity contribution in [1.29, 1.82) is 0 Å². The first-order chi connectivity index (χ1) is 12.6. The Hall–Kier alpha value is -2.55. The van der Waals surface area contributed by atoms with E-state index < -0.39 is 12.2 Å². The van der Waals surface area contributed by atoms with Gasteiger partial charge in [-0.3, -0.25) is 4.57 Å². The standard InChI is InChI=1S/C18H21N5O3/c1-11-2-4-12(5-3-11)7-25-8-14-13(24)6-15(26-14)23-10-22-16-17(19)20-9-21-18(16)23/h2-5,9-10,13-15,24H,6-8H2,1H3,(H2,19,20,21)/t13-,14+,15+/m0/s1. The largest absolute Gasteiger partial charge is 0.390 e. The van der Waals surface area contributed by atoms with Gasteiger partial charge in [-0.15, -0.1) is 0 Å². The molecule has 8 heteroatoms. The zero-order valence-electron chi connectivity index (χ0n) is 14.4. The molecule has 0 radical (unpaired) electrons. The number of rotatable bonds is 5. The number of aromatic nitrogens is 4. The number of hydrogen-bond acceptors (Lipinski definition) is 7. The number of fused-ring (bicyclic) bond motifs is 1. The number of ether oxygens (including phenoxy) is 2. The molecule has 3 aromatic rings. The van der Waals surface area contributed by atoms with Crippen LogP contribution in [0.1, 0.15) is 23.8 Å². The van der Waals surface area contributed by atoms with E-state index in [2.05, 4.69) is 15.0 Å². The van der Waals surface area contributed by atoms with Gasteiger partial charge in [0.25, 0.3) is 0 Å². The van der Waals surface area contributed by atoms with Crippen LogP contribution in [0.25, 0.3) is 11.2 Å². The van der Waals surface area contributed by atoms with Crippen LogP contribution in [0.3, 0.4) is 0 Å². The van der Waals surface area contributed by atoms with Crippen molar-refractivity contribution in [3.63, 3.8) is 0 Å². The summed E-state index contributed by atoms with van der Waals surface area (Å²) < 4.78 is 13.5. The van der Waals surface area contributed by atoms with Gasteiger partial charge in [-0.2, -0.15) is 0 Å². The lowest BCUT2D eigenvalue weighted by molar-refractivity contribution is -0.0646. The van der Waals surface area contributed by atoms with Crippen molar-refractivity contribution in [3.05, 3.63) is 48.0 Å². The van der Waals surface area contributed by atoms with Gasteiger partial charge in [-0.05, 0) is 12.5 Å². The van der Waals surface area contributed by atoms with Crippen LogP contribution in [0.15, 0.2) is 36.9 Å². The van der Waals surface area contributed by atoms with Crippen molar-refractivity contribution in [2.24, 2.45) is 0 Å². The second kappa shape index (κ2) is 6.99. The number of benzene rings is 1. The van der Waals surface area contributed by atoms with E-state index in [9.17, 15) is 5.11 Å². The van der Waals surface area contributed by atoms with E-state index in [1.54, 1.807) is 10.9 Å². The average Bonchev–Trinajstić information content (AvgIpc) is 3.21. The Bertz CT molecular complexity index is 895. The number of anilines is 1. The van der Waals surface area contributed by atoms with Crippen LogP contribution in [-0.2, 0) is 16.1 Å². The fourth-order valence-corrected chi connectivity index (χ4v) is 3.09. The monoisotopic (exact) mass is 355 g/mol. The number of nitrogen functional groups attached to an aromatic ring is 1. The molecule has 3 heterocycles. The summed E-state index contributed by atoms with van der Waals surface area (Å²) in [6, 6.07) is 8.17. The zero-order valence-corrected chi connectivity index (χ0v) is 14.4. The van der Waals surface area contributed by atoms with Crippen LogP contribution in [0.5, 0.6) is 0 Å². The number of nitrogens with two attached hydrogens (primary N) is 1. The number of nitrogens with zero attached hydrogens (tertiary/aromatic N) is 4. The minimum atomic E-state index is -0.616. The van der Waals surface area contributed by atoms with E-state index >= 15 is 0 Å². The van der Waals surface area contributed by atoms with Gasteiger partial charge in [0.2, 0.25) is 0 Å². The molecule has 8 nitrogen and oxygen atoms in total. The van der Waals surface area contributed by atoms with E-state index in [-0.39, 0.29) is 6.23 Å². The Kier molecular flexibility index (Phi) is 4.54. The molecule has 3 atom stereocenters. The summed E-state index contributed by atoms with van der Waals surface area (Å²) in [6.07, 6.45) is 2.06. The highest BCUT2D eigenvalue weighted by atomic mass is 16.6. The lowest BCUT2D eigenvalue weighted by atomic mass is 10.1. The summed E-state index contributed by atoms with van der Waals surface area (Å²) in [4.78, 5) is 12.4. The molecule has 4 rings (SSSR count). The molecule has 1 fully saturated rings. The Labute approximate surface area is 150 Å². The summed E-state index contributed by atoms with van der Waals surface area (Å²) in [5, 5.41) is 10.3. The van der Waals surface area contributed by atoms with E-state index in [1.165, 1.54) is 11.9 Å². The maximum Gasteiger partial charge on any atom is 0.167 e. The first kappa shape index (κ1) is 16.9. The molecular weight excluding hydrogens is 334 g/mol. The van der Waals surface area contributed by atoms with Gasteiger partial charge in [0, 0.05) is 6.42 Å². The molecule has 0 unspecified atom stereocenters. The van der Waals surface area contributed by atoms with Gasteiger partial charge in [-0.1, -0.05) is 29.8 Å². The molecule has 0 spiro atoms. The quantitative estimate of drug-likeness (QED) is 0.715. The smallest absolute Gasteiger partial charge is 0.167 e. The van der Waals surface area contributed by atoms with Crippen LogP contribution in [0.4, 0.5) is 5.82 Å². The van der Waals surface area contributed by atoms with Crippen LogP contribution in [-0.4, -0.2) is 43.4 Å². The lowest BCUT2D eigenvalue weighted by Gasteiger charge is -2.16. The van der Waals surface area contributed by atoms with Gasteiger partial charge >= 0.3 is 0 Å². The summed E-state index contributed by atoms with van der Waals surface area (Å²) in [5.74, 6) is 0.324. The van der Waals surface area contributed by atoms with Crippen LogP contribution < -0.4 is 5.73 Å². The fourth-order valence-electron chi connectivity index (χ4n) is 3.09. The number of hydrogen-bond donors (Lipinski definition) is 2. The molecular formula is C18H21N5O3. The SMILES string of the molecule is Cc1ccc(COC[C@H]2O[C@@H](n3cnc4c(N)ncnc43)C[C@@H]2O)cc1. The lowest BCUT2D eigenvalue weighted by Crippen LogP contribution is -2.26. The minimum absolute atomic E-state index is 0.315. The van der Waals surface area contributed by atoms with E-state index in [4.69, 9.17) is 15.2 Å². The third-order valence-electron chi connectivity index (χ3n) is 4.57. The summed E-state index contributed by atoms with van der Waals surface area (Å²) in [6.45, 7) is 2.84. The number of aliphatic hydroxyl groups is 1. The highest BCUT2D eigenvalue weighted by Crippen LogP contribution is 2.31. The normalized spacial score (nSPS) is 22.9. The summed E-state index contributed by atoms with van der Waals surface area (Å²) in [5.41, 5.74) is 9.24. The van der Waals surface area contributed by atoms with Crippen molar-refractivity contribution in [2.75, 3.05) is 12.3 Å². The van der Waals surface area contributed by atoms with Gasteiger partial charge in [0.05, 0.1) is 25.6 Å². The Morgan fingerprint density at radius 2 is 2.08 bits per heavy atom. The summed E-state index contributed by atoms with van der Waals surface area (Å²) >= 11 is 0. The maximum absolute atomic E-state index is 10.3. The third-order valence-corrected chi connectivity index (χ3v) is 4.57. The van der Waals surface area contributed by atoms with E-state index in [0.29, 0.717) is 36.6 Å². The van der Waals surface area contributed by atoms with Crippen molar-refractivity contribution in [3.8, 4) is 0 Å². The molecule has 1 aromatic carbocycles. The zero-order chi connectivity index (χ0) is 18.1. The van der Waals surface area contributed by atoms with Gasteiger partial charge in [0.1, 0.15) is 24.2 Å². The third kappa shape index (κ3) is 3.26. The van der Waals surface area contributed by atoms with Crippen LogP contribution >= 0.6 is 0 Å². The van der Waals surface area contributed by atoms with Crippen LogP contribution in [0, 0.1) is 6.92 Å². The molecule has 0 saturated carbocycles. The predicted octanol–water partition coefficient (Wildman–Crippen LogP) is 1.58. The molecule has 1 aliphatic heterocycles. The van der Waals surface area contributed by atoms with E-state index in [1.807, 2.05) is 31.2 Å². The molecule has 2 aromatic heterocycles. The Balaban J connectivity index is 1.39. The highest BCUT2D eigenvalue weighted by Gasteiger charge is 2.36. The van der Waals surface area contributed by atoms with Crippen molar-refractivity contribution >= 4 is 17.0 Å². The Morgan fingerprint density at radius 1 is 1.27 bits per heavy atom. The van der Waals surface area contributed by atoms with Gasteiger partial charge < -0.3 is 20.3 Å². The van der Waals surface area contributed by atoms with Gasteiger partial charge in [0.15, 0.2) is 11.5 Å². The number of aryl methyl sites for hydroxylation is 1. The van der Waals surface area contributed by atoms with Crippen LogP contribution in [0.2, 0.25) is 0 Å². The molecule has 1 aliphatic rings.